The molecular formula is C16H14N2O2. The van der Waals surface area contributed by atoms with E-state index in [1.165, 1.54) is 7.11 Å². The van der Waals surface area contributed by atoms with Crippen LogP contribution in [0.4, 0.5) is 0 Å². The molecule has 0 saturated heterocycles. The number of aryl methyl sites for hydroxylation is 1. The first-order valence-corrected chi connectivity index (χ1v) is 6.29. The van der Waals surface area contributed by atoms with Gasteiger partial charge in [0.05, 0.1) is 18.4 Å². The Morgan fingerprint density at radius 1 is 1.25 bits per heavy atom. The number of hydrogen-bond acceptors (Lipinski definition) is 3. The van der Waals surface area contributed by atoms with Crippen LogP contribution in [0.1, 0.15) is 10.4 Å². The monoisotopic (exact) mass is 266 g/mol. The summed E-state index contributed by atoms with van der Waals surface area (Å²) >= 11 is 0. The molecule has 4 heteroatoms. The van der Waals surface area contributed by atoms with Crippen LogP contribution in [0.25, 0.3) is 22.2 Å². The van der Waals surface area contributed by atoms with E-state index in [1.54, 1.807) is 18.3 Å². The van der Waals surface area contributed by atoms with Crippen molar-refractivity contribution in [2.75, 3.05) is 7.11 Å². The Bertz CT molecular complexity index is 790. The number of fused-ring (bicyclic) bond motifs is 1. The molecule has 0 spiro atoms. The summed E-state index contributed by atoms with van der Waals surface area (Å²) in [6, 6.07) is 11.5. The van der Waals surface area contributed by atoms with Crippen molar-refractivity contribution in [1.82, 2.24) is 9.55 Å². The van der Waals surface area contributed by atoms with Gasteiger partial charge in [-0.2, -0.15) is 0 Å². The summed E-state index contributed by atoms with van der Waals surface area (Å²) in [4.78, 5) is 16.0. The summed E-state index contributed by atoms with van der Waals surface area (Å²) in [7, 11) is 3.37. The van der Waals surface area contributed by atoms with Crippen molar-refractivity contribution in [3.05, 3.63) is 54.4 Å². The molecule has 0 atom stereocenters. The molecule has 3 aromatic rings. The van der Waals surface area contributed by atoms with Gasteiger partial charge in [0.2, 0.25) is 0 Å². The molecule has 0 bridgehead atoms. The van der Waals surface area contributed by atoms with Crippen LogP contribution in [-0.4, -0.2) is 22.6 Å². The maximum atomic E-state index is 11.6. The molecule has 4 nitrogen and oxygen atoms in total. The number of para-hydroxylation sites is 1. The number of carbonyl (C=O) groups is 1. The smallest absolute Gasteiger partial charge is 0.337 e. The third kappa shape index (κ3) is 1.95. The van der Waals surface area contributed by atoms with E-state index in [0.717, 1.165) is 22.2 Å². The molecule has 20 heavy (non-hydrogen) atoms. The van der Waals surface area contributed by atoms with Crippen molar-refractivity contribution >= 4 is 16.9 Å². The van der Waals surface area contributed by atoms with Gasteiger partial charge in [-0.15, -0.1) is 0 Å². The molecule has 0 aliphatic heterocycles. The Kier molecular flexibility index (Phi) is 2.99. The molecular weight excluding hydrogens is 252 g/mol. The number of ether oxygens (including phenoxy) is 1. The van der Waals surface area contributed by atoms with E-state index in [-0.39, 0.29) is 5.97 Å². The largest absolute Gasteiger partial charge is 0.465 e. The van der Waals surface area contributed by atoms with E-state index >= 15 is 0 Å². The fourth-order valence-electron chi connectivity index (χ4n) is 2.37. The first-order chi connectivity index (χ1) is 9.70. The number of pyridine rings is 1. The van der Waals surface area contributed by atoms with Gasteiger partial charge in [-0.25, -0.2) is 4.79 Å². The second kappa shape index (κ2) is 4.81. The second-order valence-corrected chi connectivity index (χ2v) is 4.59. The quantitative estimate of drug-likeness (QED) is 0.670. The van der Waals surface area contributed by atoms with Crippen LogP contribution in [0.3, 0.4) is 0 Å². The Morgan fingerprint density at radius 3 is 2.85 bits per heavy atom. The predicted molar refractivity (Wildman–Crippen MR) is 77.5 cm³/mol. The molecule has 3 rings (SSSR count). The Hall–Kier alpha value is -2.62. The van der Waals surface area contributed by atoms with Crippen molar-refractivity contribution < 1.29 is 9.53 Å². The maximum absolute atomic E-state index is 11.6. The van der Waals surface area contributed by atoms with Crippen LogP contribution in [0.5, 0.6) is 0 Å². The Balaban J connectivity index is 2.19. The van der Waals surface area contributed by atoms with Gasteiger partial charge >= 0.3 is 5.97 Å². The lowest BCUT2D eigenvalue weighted by molar-refractivity contribution is 0.0600. The zero-order valence-electron chi connectivity index (χ0n) is 11.3. The number of benzene rings is 1. The van der Waals surface area contributed by atoms with Crippen LogP contribution in [-0.2, 0) is 11.8 Å². The fourth-order valence-corrected chi connectivity index (χ4v) is 2.37. The van der Waals surface area contributed by atoms with Crippen LogP contribution in [0, 0.1) is 0 Å². The lowest BCUT2D eigenvalue weighted by atomic mass is 10.1. The maximum Gasteiger partial charge on any atom is 0.337 e. The minimum atomic E-state index is -0.353. The first kappa shape index (κ1) is 12.4. The van der Waals surface area contributed by atoms with E-state index in [0.29, 0.717) is 5.56 Å². The lowest BCUT2D eigenvalue weighted by Crippen LogP contribution is -2.01. The van der Waals surface area contributed by atoms with E-state index < -0.39 is 0 Å². The second-order valence-electron chi connectivity index (χ2n) is 4.59. The highest BCUT2D eigenvalue weighted by Crippen LogP contribution is 2.29. The number of nitrogens with zero attached hydrogens (tertiary/aromatic N) is 2. The van der Waals surface area contributed by atoms with Gasteiger partial charge in [0, 0.05) is 35.9 Å². The standard InChI is InChI=1S/C16H14N2O2/c1-18-10-13(12-5-3-4-6-15(12)18)14-9-11(7-8-17-14)16(19)20-2/h3-10H,1-2H3. The summed E-state index contributed by atoms with van der Waals surface area (Å²) in [5.41, 5.74) is 3.41. The number of hydrogen-bond donors (Lipinski definition) is 0. The molecule has 0 N–H and O–H groups in total. The highest BCUT2D eigenvalue weighted by atomic mass is 16.5. The molecule has 0 aliphatic carbocycles. The zero-order chi connectivity index (χ0) is 14.1. The van der Waals surface area contributed by atoms with Crippen LogP contribution in [0.2, 0.25) is 0 Å². The highest BCUT2D eigenvalue weighted by molar-refractivity contribution is 5.97. The summed E-state index contributed by atoms with van der Waals surface area (Å²) < 4.78 is 6.80. The predicted octanol–water partition coefficient (Wildman–Crippen LogP) is 3.03. The van der Waals surface area contributed by atoms with Crippen LogP contribution in [0.15, 0.2) is 48.8 Å². The number of aromatic nitrogens is 2. The van der Waals surface area contributed by atoms with Gasteiger partial charge in [0.15, 0.2) is 0 Å². The summed E-state index contributed by atoms with van der Waals surface area (Å²) in [5, 5.41) is 1.12. The van der Waals surface area contributed by atoms with Crippen molar-refractivity contribution in [3.8, 4) is 11.3 Å². The molecule has 0 unspecified atom stereocenters. The van der Waals surface area contributed by atoms with E-state index in [1.807, 2.05) is 25.4 Å². The summed E-state index contributed by atoms with van der Waals surface area (Å²) in [6.07, 6.45) is 3.65. The van der Waals surface area contributed by atoms with Crippen molar-refractivity contribution in [3.63, 3.8) is 0 Å². The van der Waals surface area contributed by atoms with Crippen LogP contribution < -0.4 is 0 Å². The molecule has 0 fully saturated rings. The van der Waals surface area contributed by atoms with Gasteiger partial charge in [-0.3, -0.25) is 4.98 Å². The number of rotatable bonds is 2. The van der Waals surface area contributed by atoms with Crippen molar-refractivity contribution in [2.45, 2.75) is 0 Å². The molecule has 2 aromatic heterocycles. The third-order valence-electron chi connectivity index (χ3n) is 3.35. The SMILES string of the molecule is COC(=O)c1ccnc(-c2cn(C)c3ccccc23)c1. The van der Waals surface area contributed by atoms with Gasteiger partial charge in [0.25, 0.3) is 0 Å². The number of esters is 1. The first-order valence-electron chi connectivity index (χ1n) is 6.29. The van der Waals surface area contributed by atoms with Crippen molar-refractivity contribution in [1.29, 1.82) is 0 Å². The average Bonchev–Trinajstić information content (AvgIpc) is 2.84. The van der Waals surface area contributed by atoms with Gasteiger partial charge in [-0.1, -0.05) is 18.2 Å². The third-order valence-corrected chi connectivity index (χ3v) is 3.35. The fraction of sp³-hybridized carbons (Fsp3) is 0.125. The molecule has 2 heterocycles. The normalized spacial score (nSPS) is 10.7. The van der Waals surface area contributed by atoms with E-state index in [2.05, 4.69) is 21.7 Å². The minimum absolute atomic E-state index is 0.353. The Labute approximate surface area is 116 Å². The van der Waals surface area contributed by atoms with E-state index in [9.17, 15) is 4.79 Å². The van der Waals surface area contributed by atoms with Crippen LogP contribution >= 0.6 is 0 Å². The lowest BCUT2D eigenvalue weighted by Gasteiger charge is -2.02. The number of methoxy groups -OCH3 is 1. The molecule has 0 saturated carbocycles. The Morgan fingerprint density at radius 2 is 2.05 bits per heavy atom. The molecule has 0 radical (unpaired) electrons. The molecule has 100 valence electrons. The molecule has 1 aromatic carbocycles. The van der Waals surface area contributed by atoms with E-state index in [4.69, 9.17) is 4.74 Å². The number of carbonyl (C=O) groups excluding carboxylic acids is 1. The van der Waals surface area contributed by atoms with Gasteiger partial charge in [0.1, 0.15) is 0 Å². The van der Waals surface area contributed by atoms with Crippen molar-refractivity contribution in [2.24, 2.45) is 7.05 Å². The zero-order valence-corrected chi connectivity index (χ0v) is 11.3. The minimum Gasteiger partial charge on any atom is -0.465 e. The van der Waals surface area contributed by atoms with Gasteiger partial charge in [-0.05, 0) is 18.2 Å². The summed E-state index contributed by atoms with van der Waals surface area (Å²) in [6.45, 7) is 0. The van der Waals surface area contributed by atoms with Gasteiger partial charge < -0.3 is 9.30 Å². The topological polar surface area (TPSA) is 44.1 Å². The average molecular weight is 266 g/mol. The summed E-state index contributed by atoms with van der Waals surface area (Å²) in [5.74, 6) is -0.353. The highest BCUT2D eigenvalue weighted by Gasteiger charge is 2.12. The molecule has 0 amide bonds. The molecule has 0 aliphatic rings.